The van der Waals surface area contributed by atoms with E-state index in [1.807, 2.05) is 30.4 Å². The highest BCUT2D eigenvalue weighted by molar-refractivity contribution is 6.21. The molecular formula is C70H49N3. The molecule has 344 valence electrons. The van der Waals surface area contributed by atoms with Crippen LogP contribution in [0.2, 0.25) is 0 Å². The number of fused-ring (bicyclic) bond motifs is 3. The number of allylic oxidation sites excluding steroid dienone is 4. The average molecular weight is 932 g/mol. The second kappa shape index (κ2) is 20.0. The minimum absolute atomic E-state index is 0.634. The van der Waals surface area contributed by atoms with Crippen molar-refractivity contribution in [3.8, 4) is 95.2 Å². The Morgan fingerprint density at radius 2 is 0.712 bits per heavy atom. The van der Waals surface area contributed by atoms with E-state index in [1.54, 1.807) is 0 Å². The van der Waals surface area contributed by atoms with Gasteiger partial charge in [-0.1, -0.05) is 274 Å². The van der Waals surface area contributed by atoms with Crippen LogP contribution in [-0.4, -0.2) is 14.5 Å². The van der Waals surface area contributed by atoms with Crippen LogP contribution in [0, 0.1) is 0 Å². The number of rotatable bonds is 12. The summed E-state index contributed by atoms with van der Waals surface area (Å²) in [6, 6.07) is 91.0. The fourth-order valence-electron chi connectivity index (χ4n) is 10.3. The van der Waals surface area contributed by atoms with Crippen LogP contribution < -0.4 is 0 Å². The molecule has 12 aromatic rings. The summed E-state index contributed by atoms with van der Waals surface area (Å²) < 4.78 is 2.59. The van der Waals surface area contributed by atoms with Crippen molar-refractivity contribution in [1.82, 2.24) is 14.5 Å². The summed E-state index contributed by atoms with van der Waals surface area (Å²) in [6.45, 7) is 4.01. The van der Waals surface area contributed by atoms with E-state index >= 15 is 0 Å². The van der Waals surface area contributed by atoms with Crippen LogP contribution in [-0.2, 0) is 0 Å². The van der Waals surface area contributed by atoms with Crippen molar-refractivity contribution < 1.29 is 0 Å². The predicted octanol–water partition coefficient (Wildman–Crippen LogP) is 18.7. The molecule has 73 heavy (non-hydrogen) atoms. The van der Waals surface area contributed by atoms with Crippen molar-refractivity contribution in [2.75, 3.05) is 0 Å². The van der Waals surface area contributed by atoms with Gasteiger partial charge in [0, 0.05) is 44.2 Å². The van der Waals surface area contributed by atoms with Crippen molar-refractivity contribution in [2.24, 2.45) is 0 Å². The smallest absolute Gasteiger partial charge is 0.160 e. The molecule has 0 saturated heterocycles. The standard InChI is InChI=1S/C70H49N3/c1-2-3-4-12-41-56-46-57(70-71-63(52-33-19-8-20-34-52)48-64(72-70)53-35-21-9-22-36-53)47-62(51-31-17-7-18-32-51)67(56)73-68-60(44-42-58(49-27-13-5-14-28-49)65(68)54-37-23-10-24-38-54)61-45-43-59(50-29-15-6-16-30-50)66(69(61)73)55-39-25-11-26-40-55/h2-48H,1H2/b4-3-,41-12+. The quantitative estimate of drug-likeness (QED) is 0.114. The molecule has 0 aliphatic carbocycles. The highest BCUT2D eigenvalue weighted by atomic mass is 15.0. The Kier molecular flexibility index (Phi) is 12.2. The van der Waals surface area contributed by atoms with E-state index in [1.165, 1.54) is 0 Å². The molecule has 0 spiro atoms. The highest BCUT2D eigenvalue weighted by Crippen LogP contribution is 2.50. The molecule has 0 fully saturated rings. The van der Waals surface area contributed by atoms with Gasteiger partial charge in [0.25, 0.3) is 0 Å². The number of hydrogen-bond donors (Lipinski definition) is 0. The maximum atomic E-state index is 5.41. The fourth-order valence-corrected chi connectivity index (χ4v) is 10.3. The summed E-state index contributed by atoms with van der Waals surface area (Å²) in [5.74, 6) is 0.634. The third kappa shape index (κ3) is 8.60. The Labute approximate surface area is 426 Å². The van der Waals surface area contributed by atoms with E-state index in [4.69, 9.17) is 9.97 Å². The summed E-state index contributed by atoms with van der Waals surface area (Å²) in [6.07, 6.45) is 10.2. The molecule has 2 aromatic heterocycles. The Morgan fingerprint density at radius 1 is 0.329 bits per heavy atom. The van der Waals surface area contributed by atoms with Crippen LogP contribution in [0.15, 0.2) is 286 Å². The van der Waals surface area contributed by atoms with E-state index in [9.17, 15) is 0 Å². The van der Waals surface area contributed by atoms with E-state index < -0.39 is 0 Å². The third-order valence-electron chi connectivity index (χ3n) is 13.6. The molecule has 0 N–H and O–H groups in total. The maximum absolute atomic E-state index is 5.41. The zero-order chi connectivity index (χ0) is 48.9. The first-order valence-corrected chi connectivity index (χ1v) is 24.8. The largest absolute Gasteiger partial charge is 0.307 e. The number of aromatic nitrogens is 3. The normalized spacial score (nSPS) is 11.5. The van der Waals surface area contributed by atoms with Crippen molar-refractivity contribution in [3.05, 3.63) is 291 Å². The first kappa shape index (κ1) is 44.5. The lowest BCUT2D eigenvalue weighted by atomic mass is 9.91. The van der Waals surface area contributed by atoms with Gasteiger partial charge in [0.2, 0.25) is 0 Å². The van der Waals surface area contributed by atoms with Gasteiger partial charge in [-0.05, 0) is 62.7 Å². The lowest BCUT2D eigenvalue weighted by molar-refractivity contribution is 1.16. The number of nitrogens with zero attached hydrogens (tertiary/aromatic N) is 3. The second-order valence-electron chi connectivity index (χ2n) is 18.1. The molecule has 0 bridgehead atoms. The zero-order valence-corrected chi connectivity index (χ0v) is 40.2. The molecule has 0 atom stereocenters. The first-order chi connectivity index (χ1) is 36.2. The van der Waals surface area contributed by atoms with Gasteiger partial charge in [-0.25, -0.2) is 9.97 Å². The minimum atomic E-state index is 0.634. The summed E-state index contributed by atoms with van der Waals surface area (Å²) in [7, 11) is 0. The molecule has 12 rings (SSSR count). The van der Waals surface area contributed by atoms with Gasteiger partial charge in [-0.15, -0.1) is 0 Å². The SMILES string of the molecule is C=C/C=C\C=C\c1cc(-c2nc(-c3ccccc3)cc(-c3ccccc3)n2)cc(-c2ccccc2)c1-n1c2c(-c3ccccc3)c(-c3ccccc3)ccc2c2ccc(-c3ccccc3)c(-c3ccccc3)c21. The molecule has 0 saturated carbocycles. The summed E-state index contributed by atoms with van der Waals surface area (Å²) in [5.41, 5.74) is 20.1. The van der Waals surface area contributed by atoms with Crippen LogP contribution in [0.4, 0.5) is 0 Å². The fraction of sp³-hybridized carbons (Fsp3) is 0. The van der Waals surface area contributed by atoms with E-state index in [0.717, 1.165) is 117 Å². The monoisotopic (exact) mass is 931 g/mol. The van der Waals surface area contributed by atoms with Crippen LogP contribution >= 0.6 is 0 Å². The topological polar surface area (TPSA) is 30.7 Å². The van der Waals surface area contributed by atoms with Crippen molar-refractivity contribution in [1.29, 1.82) is 0 Å². The molecule has 0 amide bonds. The average Bonchev–Trinajstić information content (AvgIpc) is 3.81. The molecule has 0 aliphatic rings. The van der Waals surface area contributed by atoms with Gasteiger partial charge in [-0.2, -0.15) is 0 Å². The van der Waals surface area contributed by atoms with E-state index in [2.05, 4.69) is 266 Å². The predicted molar refractivity (Wildman–Crippen MR) is 308 cm³/mol. The van der Waals surface area contributed by atoms with Gasteiger partial charge >= 0.3 is 0 Å². The minimum Gasteiger partial charge on any atom is -0.307 e. The van der Waals surface area contributed by atoms with Gasteiger partial charge in [0.1, 0.15) is 0 Å². The van der Waals surface area contributed by atoms with Gasteiger partial charge in [-0.3, -0.25) is 0 Å². The maximum Gasteiger partial charge on any atom is 0.160 e. The molecule has 0 aliphatic heterocycles. The summed E-state index contributed by atoms with van der Waals surface area (Å²) >= 11 is 0. The van der Waals surface area contributed by atoms with Crippen LogP contribution in [0.1, 0.15) is 5.56 Å². The van der Waals surface area contributed by atoms with Crippen molar-refractivity contribution in [3.63, 3.8) is 0 Å². The van der Waals surface area contributed by atoms with E-state index in [-0.39, 0.29) is 0 Å². The van der Waals surface area contributed by atoms with Crippen molar-refractivity contribution >= 4 is 27.9 Å². The second-order valence-corrected chi connectivity index (χ2v) is 18.1. The molecule has 3 heteroatoms. The summed E-state index contributed by atoms with van der Waals surface area (Å²) in [5, 5.41) is 2.31. The van der Waals surface area contributed by atoms with Gasteiger partial charge < -0.3 is 4.57 Å². The Balaban J connectivity index is 1.30. The molecule has 0 radical (unpaired) electrons. The third-order valence-corrected chi connectivity index (χ3v) is 13.6. The van der Waals surface area contributed by atoms with Crippen LogP contribution in [0.5, 0.6) is 0 Å². The van der Waals surface area contributed by atoms with Crippen LogP contribution in [0.3, 0.4) is 0 Å². The lowest BCUT2D eigenvalue weighted by Crippen LogP contribution is -2.05. The number of hydrogen-bond acceptors (Lipinski definition) is 2. The lowest BCUT2D eigenvalue weighted by Gasteiger charge is -2.23. The zero-order valence-electron chi connectivity index (χ0n) is 40.2. The Hall–Kier alpha value is -9.70. The van der Waals surface area contributed by atoms with Crippen LogP contribution in [0.25, 0.3) is 123 Å². The Morgan fingerprint density at radius 3 is 1.12 bits per heavy atom. The van der Waals surface area contributed by atoms with Gasteiger partial charge in [0.15, 0.2) is 5.82 Å². The molecule has 10 aromatic carbocycles. The van der Waals surface area contributed by atoms with Crippen molar-refractivity contribution in [2.45, 2.75) is 0 Å². The molecule has 3 nitrogen and oxygen atoms in total. The van der Waals surface area contributed by atoms with E-state index in [0.29, 0.717) is 5.82 Å². The molecular weight excluding hydrogens is 883 g/mol. The van der Waals surface area contributed by atoms with Gasteiger partial charge in [0.05, 0.1) is 28.1 Å². The first-order valence-electron chi connectivity index (χ1n) is 24.8. The Bertz CT molecular complexity index is 3780. The molecule has 0 unspecified atom stereocenters. The summed E-state index contributed by atoms with van der Waals surface area (Å²) in [4.78, 5) is 10.8. The molecule has 2 heterocycles. The number of benzene rings is 10. The highest BCUT2D eigenvalue weighted by Gasteiger charge is 2.28.